The summed E-state index contributed by atoms with van der Waals surface area (Å²) in [7, 11) is 1.56. The molecule has 0 saturated heterocycles. The Bertz CT molecular complexity index is 253. The SMILES string of the molecule is COc1ccncc1C(N)CO. The van der Waals surface area contributed by atoms with Gasteiger partial charge in [0.05, 0.1) is 19.8 Å². The van der Waals surface area contributed by atoms with E-state index in [0.29, 0.717) is 5.75 Å². The van der Waals surface area contributed by atoms with Crippen LogP contribution in [0.1, 0.15) is 11.6 Å². The Morgan fingerprint density at radius 2 is 2.50 bits per heavy atom. The van der Waals surface area contributed by atoms with Gasteiger partial charge in [0.15, 0.2) is 0 Å². The maximum Gasteiger partial charge on any atom is 0.126 e. The summed E-state index contributed by atoms with van der Waals surface area (Å²) in [6.07, 6.45) is 3.21. The van der Waals surface area contributed by atoms with Crippen molar-refractivity contribution < 1.29 is 9.84 Å². The molecule has 66 valence electrons. The van der Waals surface area contributed by atoms with Gasteiger partial charge in [-0.2, -0.15) is 0 Å². The highest BCUT2D eigenvalue weighted by Crippen LogP contribution is 2.21. The fourth-order valence-electron chi connectivity index (χ4n) is 0.957. The third kappa shape index (κ3) is 1.72. The molecule has 1 rings (SSSR count). The minimum Gasteiger partial charge on any atom is -0.496 e. The van der Waals surface area contributed by atoms with E-state index in [1.807, 2.05) is 0 Å². The zero-order chi connectivity index (χ0) is 8.97. The molecule has 0 aliphatic rings. The van der Waals surface area contributed by atoms with Crippen molar-refractivity contribution in [3.05, 3.63) is 24.0 Å². The van der Waals surface area contributed by atoms with Crippen LogP contribution in [-0.4, -0.2) is 23.8 Å². The van der Waals surface area contributed by atoms with Crippen molar-refractivity contribution in [2.75, 3.05) is 13.7 Å². The van der Waals surface area contributed by atoms with Gasteiger partial charge in [-0.1, -0.05) is 0 Å². The van der Waals surface area contributed by atoms with Gasteiger partial charge in [0.1, 0.15) is 5.75 Å². The summed E-state index contributed by atoms with van der Waals surface area (Å²) in [4.78, 5) is 3.89. The topological polar surface area (TPSA) is 68.4 Å². The predicted octanol–water partition coefficient (Wildman–Crippen LogP) is 0.0823. The molecule has 0 fully saturated rings. The quantitative estimate of drug-likeness (QED) is 0.670. The van der Waals surface area contributed by atoms with Crippen LogP contribution in [0, 0.1) is 0 Å². The molecule has 3 N–H and O–H groups in total. The second kappa shape index (κ2) is 4.04. The van der Waals surface area contributed by atoms with Crippen LogP contribution in [0.5, 0.6) is 5.75 Å². The van der Waals surface area contributed by atoms with Gasteiger partial charge in [0, 0.05) is 18.0 Å². The van der Waals surface area contributed by atoms with E-state index in [9.17, 15) is 0 Å². The fourth-order valence-corrected chi connectivity index (χ4v) is 0.957. The van der Waals surface area contributed by atoms with Gasteiger partial charge in [-0.3, -0.25) is 4.98 Å². The molecule has 0 spiro atoms. The smallest absolute Gasteiger partial charge is 0.126 e. The first-order chi connectivity index (χ1) is 5.79. The van der Waals surface area contributed by atoms with E-state index in [1.165, 1.54) is 0 Å². The number of aliphatic hydroxyl groups excluding tert-OH is 1. The Kier molecular flexibility index (Phi) is 3.01. The molecule has 0 aliphatic carbocycles. The summed E-state index contributed by atoms with van der Waals surface area (Å²) in [5.41, 5.74) is 6.33. The van der Waals surface area contributed by atoms with Crippen molar-refractivity contribution in [1.29, 1.82) is 0 Å². The summed E-state index contributed by atoms with van der Waals surface area (Å²) in [5.74, 6) is 0.659. The Balaban J connectivity index is 2.96. The summed E-state index contributed by atoms with van der Waals surface area (Å²) < 4.78 is 5.04. The third-order valence-corrected chi connectivity index (χ3v) is 1.63. The van der Waals surface area contributed by atoms with Crippen molar-refractivity contribution in [1.82, 2.24) is 4.98 Å². The lowest BCUT2D eigenvalue weighted by atomic mass is 10.1. The van der Waals surface area contributed by atoms with E-state index in [-0.39, 0.29) is 6.61 Å². The normalized spacial score (nSPS) is 12.6. The molecule has 1 atom stereocenters. The fraction of sp³-hybridized carbons (Fsp3) is 0.375. The van der Waals surface area contributed by atoms with Gasteiger partial charge >= 0.3 is 0 Å². The van der Waals surface area contributed by atoms with Gasteiger partial charge < -0.3 is 15.6 Å². The van der Waals surface area contributed by atoms with Crippen LogP contribution in [0.3, 0.4) is 0 Å². The number of methoxy groups -OCH3 is 1. The monoisotopic (exact) mass is 168 g/mol. The van der Waals surface area contributed by atoms with Crippen LogP contribution >= 0.6 is 0 Å². The molecule has 0 radical (unpaired) electrons. The standard InChI is InChI=1S/C8H12N2O2/c1-12-8-2-3-10-4-6(8)7(9)5-11/h2-4,7,11H,5,9H2,1H3. The number of aromatic nitrogens is 1. The van der Waals surface area contributed by atoms with Crippen molar-refractivity contribution in [2.45, 2.75) is 6.04 Å². The number of nitrogens with zero attached hydrogens (tertiary/aromatic N) is 1. The highest BCUT2D eigenvalue weighted by molar-refractivity contribution is 5.32. The molecular formula is C8H12N2O2. The average molecular weight is 168 g/mol. The van der Waals surface area contributed by atoms with Gasteiger partial charge in [-0.15, -0.1) is 0 Å². The van der Waals surface area contributed by atoms with Crippen LogP contribution < -0.4 is 10.5 Å². The summed E-state index contributed by atoms with van der Waals surface area (Å²) in [6.45, 7) is -0.109. The van der Waals surface area contributed by atoms with E-state index in [4.69, 9.17) is 15.6 Å². The van der Waals surface area contributed by atoms with Gasteiger partial charge in [0.25, 0.3) is 0 Å². The van der Waals surface area contributed by atoms with Gasteiger partial charge in [-0.05, 0) is 6.07 Å². The van der Waals surface area contributed by atoms with E-state index in [0.717, 1.165) is 5.56 Å². The first kappa shape index (κ1) is 8.96. The maximum atomic E-state index is 8.80. The molecule has 0 amide bonds. The zero-order valence-corrected chi connectivity index (χ0v) is 6.90. The molecule has 1 unspecified atom stereocenters. The van der Waals surface area contributed by atoms with Crippen LogP contribution in [0.4, 0.5) is 0 Å². The average Bonchev–Trinajstić information content (AvgIpc) is 2.16. The summed E-state index contributed by atoms with van der Waals surface area (Å²) in [5, 5.41) is 8.80. The molecule has 4 nitrogen and oxygen atoms in total. The predicted molar refractivity (Wildman–Crippen MR) is 44.8 cm³/mol. The van der Waals surface area contributed by atoms with Crippen molar-refractivity contribution in [3.63, 3.8) is 0 Å². The lowest BCUT2D eigenvalue weighted by Crippen LogP contribution is -2.15. The minimum atomic E-state index is -0.423. The lowest BCUT2D eigenvalue weighted by Gasteiger charge is -2.11. The van der Waals surface area contributed by atoms with Gasteiger partial charge in [0.2, 0.25) is 0 Å². The highest BCUT2D eigenvalue weighted by atomic mass is 16.5. The van der Waals surface area contributed by atoms with Crippen molar-refractivity contribution in [2.24, 2.45) is 5.73 Å². The molecule has 4 heteroatoms. The third-order valence-electron chi connectivity index (χ3n) is 1.63. The number of aliphatic hydroxyl groups is 1. The zero-order valence-electron chi connectivity index (χ0n) is 6.90. The molecule has 0 aliphatic heterocycles. The number of rotatable bonds is 3. The van der Waals surface area contributed by atoms with Crippen molar-refractivity contribution in [3.8, 4) is 5.75 Å². The maximum absolute atomic E-state index is 8.80. The number of ether oxygens (including phenoxy) is 1. The molecule has 1 heterocycles. The first-order valence-electron chi connectivity index (χ1n) is 3.64. The number of hydrogen-bond donors (Lipinski definition) is 2. The second-order valence-electron chi connectivity index (χ2n) is 2.41. The van der Waals surface area contributed by atoms with Crippen LogP contribution in [-0.2, 0) is 0 Å². The summed E-state index contributed by atoms with van der Waals surface area (Å²) >= 11 is 0. The number of hydrogen-bond acceptors (Lipinski definition) is 4. The van der Waals surface area contributed by atoms with E-state index >= 15 is 0 Å². The van der Waals surface area contributed by atoms with Crippen LogP contribution in [0.2, 0.25) is 0 Å². The molecule has 12 heavy (non-hydrogen) atoms. The van der Waals surface area contributed by atoms with E-state index in [2.05, 4.69) is 4.98 Å². The first-order valence-corrected chi connectivity index (χ1v) is 3.64. The molecule has 0 saturated carbocycles. The van der Waals surface area contributed by atoms with Crippen LogP contribution in [0.25, 0.3) is 0 Å². The largest absolute Gasteiger partial charge is 0.496 e. The Hall–Kier alpha value is -1.13. The molecule has 1 aromatic rings. The second-order valence-corrected chi connectivity index (χ2v) is 2.41. The van der Waals surface area contributed by atoms with Crippen molar-refractivity contribution >= 4 is 0 Å². The molecule has 0 bridgehead atoms. The van der Waals surface area contributed by atoms with E-state index in [1.54, 1.807) is 25.6 Å². The van der Waals surface area contributed by atoms with Crippen LogP contribution in [0.15, 0.2) is 18.5 Å². The Labute approximate surface area is 71.0 Å². The molecule has 0 aromatic carbocycles. The van der Waals surface area contributed by atoms with Gasteiger partial charge in [-0.25, -0.2) is 0 Å². The lowest BCUT2D eigenvalue weighted by molar-refractivity contribution is 0.264. The Morgan fingerprint density at radius 3 is 3.08 bits per heavy atom. The Morgan fingerprint density at radius 1 is 1.75 bits per heavy atom. The number of pyridine rings is 1. The minimum absolute atomic E-state index is 0.109. The number of nitrogens with two attached hydrogens (primary N) is 1. The molecule has 1 aromatic heterocycles. The molecular weight excluding hydrogens is 156 g/mol. The summed E-state index contributed by atoms with van der Waals surface area (Å²) in [6, 6.07) is 1.29. The van der Waals surface area contributed by atoms with E-state index < -0.39 is 6.04 Å². The highest BCUT2D eigenvalue weighted by Gasteiger charge is 2.09.